The third-order valence-corrected chi connectivity index (χ3v) is 5.69. The summed E-state index contributed by atoms with van der Waals surface area (Å²) >= 11 is 0. The lowest BCUT2D eigenvalue weighted by Crippen LogP contribution is -2.25. The Morgan fingerprint density at radius 1 is 0.875 bits per heavy atom. The molecule has 0 aliphatic heterocycles. The maximum atomic E-state index is 13.4. The highest BCUT2D eigenvalue weighted by atomic mass is 16.1. The molecule has 0 saturated heterocycles. The van der Waals surface area contributed by atoms with Gasteiger partial charge in [0.05, 0.1) is 16.6 Å². The Balaban J connectivity index is 1.71. The average molecular weight is 416 g/mol. The molecule has 3 aromatic carbocycles. The van der Waals surface area contributed by atoms with Crippen molar-refractivity contribution in [2.24, 2.45) is 7.05 Å². The van der Waals surface area contributed by atoms with Gasteiger partial charge in [-0.2, -0.15) is 0 Å². The lowest BCUT2D eigenvalue weighted by molar-refractivity contribution is 0.104. The summed E-state index contributed by atoms with van der Waals surface area (Å²) in [5.41, 5.74) is 3.79. The van der Waals surface area contributed by atoms with E-state index >= 15 is 0 Å². The van der Waals surface area contributed by atoms with Gasteiger partial charge in [-0.15, -0.1) is 0 Å². The Morgan fingerprint density at radius 3 is 2.47 bits per heavy atom. The topological polar surface area (TPSA) is 52.0 Å². The molecule has 5 aromatic rings. The highest BCUT2D eigenvalue weighted by Gasteiger charge is 2.20. The van der Waals surface area contributed by atoms with Crippen molar-refractivity contribution in [3.8, 4) is 11.1 Å². The summed E-state index contributed by atoms with van der Waals surface area (Å²) < 4.78 is 1.54. The Labute approximate surface area is 185 Å². The highest BCUT2D eigenvalue weighted by molar-refractivity contribution is 6.15. The number of pyridine rings is 2. The van der Waals surface area contributed by atoms with Gasteiger partial charge in [0.1, 0.15) is 0 Å². The van der Waals surface area contributed by atoms with Crippen molar-refractivity contribution in [2.75, 3.05) is 0 Å². The number of carbonyl (C=O) groups excluding carboxylic acids is 1. The first-order valence-electron chi connectivity index (χ1n) is 10.4. The van der Waals surface area contributed by atoms with Gasteiger partial charge in [0.15, 0.2) is 5.78 Å². The van der Waals surface area contributed by atoms with E-state index in [9.17, 15) is 9.59 Å². The Hall–Kier alpha value is -4.31. The molecule has 2 aromatic heterocycles. The maximum Gasteiger partial charge on any atom is 0.262 e. The van der Waals surface area contributed by atoms with Crippen molar-refractivity contribution in [1.82, 2.24) is 9.55 Å². The number of fused-ring (bicyclic) bond motifs is 2. The summed E-state index contributed by atoms with van der Waals surface area (Å²) in [4.78, 5) is 31.2. The molecule has 4 nitrogen and oxygen atoms in total. The molecule has 0 aliphatic carbocycles. The van der Waals surface area contributed by atoms with Crippen LogP contribution in [0.4, 0.5) is 0 Å². The van der Waals surface area contributed by atoms with Crippen molar-refractivity contribution >= 4 is 33.7 Å². The van der Waals surface area contributed by atoms with Crippen LogP contribution in [-0.2, 0) is 7.05 Å². The summed E-state index contributed by atoms with van der Waals surface area (Å²) in [5, 5.41) is 1.86. The fraction of sp³-hybridized carbons (Fsp3) is 0.0357. The molecule has 0 N–H and O–H groups in total. The predicted octanol–water partition coefficient (Wildman–Crippen LogP) is 5.65. The number of hydrogen-bond acceptors (Lipinski definition) is 3. The van der Waals surface area contributed by atoms with E-state index < -0.39 is 0 Å². The van der Waals surface area contributed by atoms with Crippen molar-refractivity contribution in [1.29, 1.82) is 0 Å². The first-order chi connectivity index (χ1) is 15.6. The molecule has 0 radical (unpaired) electrons. The zero-order valence-electron chi connectivity index (χ0n) is 17.5. The molecule has 32 heavy (non-hydrogen) atoms. The zero-order chi connectivity index (χ0) is 22.1. The van der Waals surface area contributed by atoms with E-state index in [-0.39, 0.29) is 16.9 Å². The number of allylic oxidation sites excluding steroid dienone is 1. The third kappa shape index (κ3) is 3.32. The number of nitrogens with zero attached hydrogens (tertiary/aromatic N) is 2. The maximum absolute atomic E-state index is 13.4. The zero-order valence-corrected chi connectivity index (χ0v) is 17.5. The number of carbonyl (C=O) groups is 1. The monoisotopic (exact) mass is 416 g/mol. The van der Waals surface area contributed by atoms with E-state index in [4.69, 9.17) is 0 Å². The number of para-hydroxylation sites is 2. The van der Waals surface area contributed by atoms with E-state index in [0.29, 0.717) is 5.56 Å². The number of aromatic nitrogens is 2. The van der Waals surface area contributed by atoms with Crippen LogP contribution in [0, 0.1) is 0 Å². The molecule has 0 unspecified atom stereocenters. The van der Waals surface area contributed by atoms with Crippen LogP contribution in [0.15, 0.2) is 102 Å². The second-order valence-corrected chi connectivity index (χ2v) is 7.62. The van der Waals surface area contributed by atoms with Gasteiger partial charge in [0.2, 0.25) is 0 Å². The van der Waals surface area contributed by atoms with Crippen LogP contribution < -0.4 is 5.56 Å². The smallest absolute Gasteiger partial charge is 0.262 e. The van der Waals surface area contributed by atoms with Gasteiger partial charge < -0.3 is 4.57 Å². The molecule has 0 atom stereocenters. The van der Waals surface area contributed by atoms with E-state index in [1.54, 1.807) is 23.9 Å². The third-order valence-electron chi connectivity index (χ3n) is 5.69. The molecule has 154 valence electrons. The number of rotatable bonds is 4. The van der Waals surface area contributed by atoms with Gasteiger partial charge in [0.25, 0.3) is 5.56 Å². The molecule has 0 bridgehead atoms. The predicted molar refractivity (Wildman–Crippen MR) is 130 cm³/mol. The number of hydrogen-bond donors (Lipinski definition) is 0. The summed E-state index contributed by atoms with van der Waals surface area (Å²) in [6, 6.07) is 26.9. The molecular formula is C28H20N2O2. The fourth-order valence-electron chi connectivity index (χ4n) is 4.14. The van der Waals surface area contributed by atoms with Crippen LogP contribution >= 0.6 is 0 Å². The van der Waals surface area contributed by atoms with Gasteiger partial charge in [0, 0.05) is 35.1 Å². The van der Waals surface area contributed by atoms with Crippen molar-refractivity contribution in [3.05, 3.63) is 119 Å². The quantitative estimate of drug-likeness (QED) is 0.281. The lowest BCUT2D eigenvalue weighted by atomic mass is 9.93. The Bertz CT molecular complexity index is 1560. The molecule has 4 heteroatoms. The van der Waals surface area contributed by atoms with Gasteiger partial charge in [-0.25, -0.2) is 0 Å². The van der Waals surface area contributed by atoms with Crippen LogP contribution in [0.25, 0.3) is 39.0 Å². The minimum absolute atomic E-state index is 0.168. The first kappa shape index (κ1) is 19.6. The van der Waals surface area contributed by atoms with E-state index in [1.807, 2.05) is 84.9 Å². The van der Waals surface area contributed by atoms with Crippen LogP contribution in [0.2, 0.25) is 0 Å². The van der Waals surface area contributed by atoms with E-state index in [2.05, 4.69) is 4.98 Å². The SMILES string of the molecule is Cn1c(=O)c(C(=O)/C=C/c2cccc3cccnc23)c(-c2ccccc2)c2ccccc21. The van der Waals surface area contributed by atoms with Crippen molar-refractivity contribution < 1.29 is 4.79 Å². The van der Waals surface area contributed by atoms with Crippen LogP contribution in [0.1, 0.15) is 15.9 Å². The van der Waals surface area contributed by atoms with Crippen molar-refractivity contribution in [2.45, 2.75) is 0 Å². The molecule has 0 fully saturated rings. The minimum atomic E-state index is -0.330. The van der Waals surface area contributed by atoms with Crippen LogP contribution in [0.3, 0.4) is 0 Å². The first-order valence-corrected chi connectivity index (χ1v) is 10.4. The molecule has 0 saturated carbocycles. The Kier molecular flexibility index (Phi) is 4.96. The van der Waals surface area contributed by atoms with E-state index in [0.717, 1.165) is 32.9 Å². The second-order valence-electron chi connectivity index (χ2n) is 7.62. The molecular weight excluding hydrogens is 396 g/mol. The minimum Gasteiger partial charge on any atom is -0.311 e. The van der Waals surface area contributed by atoms with Crippen LogP contribution in [-0.4, -0.2) is 15.3 Å². The standard InChI is InChI=1S/C28H20N2O2/c1-30-23-15-6-5-14-22(23)25(19-9-3-2-4-10-19)26(28(30)32)24(31)17-16-21-12-7-11-20-13-8-18-29-27(20)21/h2-18H,1H3/b17-16+. The summed E-state index contributed by atoms with van der Waals surface area (Å²) in [5.74, 6) is -0.330. The largest absolute Gasteiger partial charge is 0.311 e. The molecule has 2 heterocycles. The van der Waals surface area contributed by atoms with Gasteiger partial charge >= 0.3 is 0 Å². The molecule has 0 spiro atoms. The molecule has 5 rings (SSSR count). The number of benzene rings is 3. The fourth-order valence-corrected chi connectivity index (χ4v) is 4.14. The van der Waals surface area contributed by atoms with Crippen LogP contribution in [0.5, 0.6) is 0 Å². The number of ketones is 1. The molecule has 0 amide bonds. The van der Waals surface area contributed by atoms with Gasteiger partial charge in [-0.05, 0) is 29.8 Å². The van der Waals surface area contributed by atoms with Gasteiger partial charge in [-0.1, -0.05) is 72.8 Å². The second kappa shape index (κ2) is 8.08. The normalized spacial score (nSPS) is 11.4. The summed E-state index contributed by atoms with van der Waals surface area (Å²) in [6.45, 7) is 0. The summed E-state index contributed by atoms with van der Waals surface area (Å²) in [6.07, 6.45) is 4.94. The summed E-state index contributed by atoms with van der Waals surface area (Å²) in [7, 11) is 1.70. The average Bonchev–Trinajstić information content (AvgIpc) is 2.85. The highest BCUT2D eigenvalue weighted by Crippen LogP contribution is 2.30. The van der Waals surface area contributed by atoms with Crippen molar-refractivity contribution in [3.63, 3.8) is 0 Å². The number of aryl methyl sites for hydroxylation is 1. The lowest BCUT2D eigenvalue weighted by Gasteiger charge is -2.14. The van der Waals surface area contributed by atoms with Gasteiger partial charge in [-0.3, -0.25) is 14.6 Å². The molecule has 0 aliphatic rings. The van der Waals surface area contributed by atoms with E-state index in [1.165, 1.54) is 6.08 Å². The Morgan fingerprint density at radius 2 is 1.62 bits per heavy atom.